The van der Waals surface area contributed by atoms with Gasteiger partial charge in [0.05, 0.1) is 6.04 Å². The highest BCUT2D eigenvalue weighted by molar-refractivity contribution is 5.35. The van der Waals surface area contributed by atoms with Crippen molar-refractivity contribution in [3.05, 3.63) is 54.6 Å². The van der Waals surface area contributed by atoms with E-state index in [-0.39, 0.29) is 0 Å². The average Bonchev–Trinajstić information content (AvgIpc) is 2.33. The summed E-state index contributed by atoms with van der Waals surface area (Å²) in [7, 11) is 0. The van der Waals surface area contributed by atoms with Gasteiger partial charge in [-0.15, -0.1) is 6.58 Å². The zero-order valence-electron chi connectivity index (χ0n) is 8.95. The van der Waals surface area contributed by atoms with Crippen molar-refractivity contribution >= 4 is 0 Å². The van der Waals surface area contributed by atoms with Gasteiger partial charge in [-0.2, -0.15) is 0 Å². The molecule has 2 nitrogen and oxygen atoms in total. The monoisotopic (exact) mass is 201 g/mol. The van der Waals surface area contributed by atoms with Gasteiger partial charge in [0.25, 0.3) is 0 Å². The second-order valence-corrected chi connectivity index (χ2v) is 3.69. The quantitative estimate of drug-likeness (QED) is 0.800. The lowest BCUT2D eigenvalue weighted by molar-refractivity contribution is 0.276. The Bertz CT molecular complexity index is 302. The van der Waals surface area contributed by atoms with Crippen LogP contribution in [0.3, 0.4) is 0 Å². The molecule has 0 spiro atoms. The van der Waals surface area contributed by atoms with Crippen molar-refractivity contribution in [1.29, 1.82) is 0 Å². The number of nitrogens with one attached hydrogen (secondary N) is 1. The smallest absolute Gasteiger partial charge is 0.0909 e. The van der Waals surface area contributed by atoms with E-state index in [1.54, 1.807) is 0 Å². The SMILES string of the molecule is C=C[C](c1ccccc1)N1CCNCC1. The normalized spacial score (nSPS) is 17.9. The van der Waals surface area contributed by atoms with Crippen molar-refractivity contribution < 1.29 is 0 Å². The zero-order chi connectivity index (χ0) is 10.5. The molecule has 2 heteroatoms. The van der Waals surface area contributed by atoms with E-state index < -0.39 is 0 Å². The third-order valence-electron chi connectivity index (χ3n) is 2.72. The lowest BCUT2D eigenvalue weighted by Crippen LogP contribution is -2.45. The van der Waals surface area contributed by atoms with Gasteiger partial charge >= 0.3 is 0 Å². The van der Waals surface area contributed by atoms with Gasteiger partial charge in [-0.1, -0.05) is 36.4 Å². The maximum Gasteiger partial charge on any atom is 0.0909 e. The van der Waals surface area contributed by atoms with Crippen molar-refractivity contribution in [3.63, 3.8) is 0 Å². The third kappa shape index (κ3) is 2.46. The molecule has 1 fully saturated rings. The predicted molar refractivity (Wildman–Crippen MR) is 63.4 cm³/mol. The number of hydrogen-bond acceptors (Lipinski definition) is 2. The highest BCUT2D eigenvalue weighted by Crippen LogP contribution is 2.20. The summed E-state index contributed by atoms with van der Waals surface area (Å²) in [5, 5.41) is 3.36. The molecule has 0 aliphatic carbocycles. The summed E-state index contributed by atoms with van der Waals surface area (Å²) < 4.78 is 0. The summed E-state index contributed by atoms with van der Waals surface area (Å²) in [6.45, 7) is 8.16. The topological polar surface area (TPSA) is 15.3 Å². The Morgan fingerprint density at radius 2 is 1.87 bits per heavy atom. The highest BCUT2D eigenvalue weighted by atomic mass is 15.2. The van der Waals surface area contributed by atoms with Gasteiger partial charge in [-0.05, 0) is 5.56 Å². The van der Waals surface area contributed by atoms with E-state index in [9.17, 15) is 0 Å². The summed E-state index contributed by atoms with van der Waals surface area (Å²) in [6.07, 6.45) is 1.96. The molecule has 1 aromatic carbocycles. The molecule has 1 aromatic rings. The Balaban J connectivity index is 2.12. The van der Waals surface area contributed by atoms with E-state index in [0.29, 0.717) is 0 Å². The van der Waals surface area contributed by atoms with Crippen molar-refractivity contribution in [2.75, 3.05) is 26.2 Å². The lowest BCUT2D eigenvalue weighted by Gasteiger charge is -2.32. The van der Waals surface area contributed by atoms with Crippen LogP contribution in [0.1, 0.15) is 5.56 Å². The minimum Gasteiger partial charge on any atom is -0.314 e. The van der Waals surface area contributed by atoms with Crippen LogP contribution in [-0.2, 0) is 0 Å². The first kappa shape index (κ1) is 10.4. The Hall–Kier alpha value is -1.12. The van der Waals surface area contributed by atoms with Crippen LogP contribution in [0.5, 0.6) is 0 Å². The van der Waals surface area contributed by atoms with Gasteiger partial charge in [0.2, 0.25) is 0 Å². The zero-order valence-corrected chi connectivity index (χ0v) is 8.95. The van der Waals surface area contributed by atoms with Crippen molar-refractivity contribution in [1.82, 2.24) is 10.2 Å². The molecule has 15 heavy (non-hydrogen) atoms. The van der Waals surface area contributed by atoms with E-state index in [2.05, 4.69) is 41.1 Å². The molecule has 1 N–H and O–H groups in total. The molecular formula is C13H17N2. The van der Waals surface area contributed by atoms with Gasteiger partial charge in [-0.3, -0.25) is 4.90 Å². The van der Waals surface area contributed by atoms with E-state index in [1.165, 1.54) is 11.6 Å². The molecule has 1 aliphatic heterocycles. The first-order chi connectivity index (χ1) is 7.42. The number of rotatable bonds is 3. The molecule has 0 saturated carbocycles. The molecule has 1 aliphatic rings. The third-order valence-corrected chi connectivity index (χ3v) is 2.72. The summed E-state index contributed by atoms with van der Waals surface area (Å²) in [4.78, 5) is 2.39. The largest absolute Gasteiger partial charge is 0.314 e. The maximum atomic E-state index is 3.91. The van der Waals surface area contributed by atoms with Crippen LogP contribution in [0, 0.1) is 6.04 Å². The van der Waals surface area contributed by atoms with Crippen molar-refractivity contribution in [2.24, 2.45) is 0 Å². The van der Waals surface area contributed by atoms with E-state index in [0.717, 1.165) is 26.2 Å². The predicted octanol–water partition coefficient (Wildman–Crippen LogP) is 1.66. The van der Waals surface area contributed by atoms with Crippen LogP contribution in [0.4, 0.5) is 0 Å². The van der Waals surface area contributed by atoms with Gasteiger partial charge < -0.3 is 5.32 Å². The Morgan fingerprint density at radius 1 is 1.20 bits per heavy atom. The van der Waals surface area contributed by atoms with Crippen molar-refractivity contribution in [3.8, 4) is 0 Å². The minimum atomic E-state index is 1.06. The highest BCUT2D eigenvalue weighted by Gasteiger charge is 2.19. The fourth-order valence-electron chi connectivity index (χ4n) is 1.94. The molecule has 0 amide bonds. The Labute approximate surface area is 91.6 Å². The summed E-state index contributed by atoms with van der Waals surface area (Å²) in [5.41, 5.74) is 1.26. The fourth-order valence-corrected chi connectivity index (χ4v) is 1.94. The first-order valence-electron chi connectivity index (χ1n) is 5.42. The molecule has 0 bridgehead atoms. The second-order valence-electron chi connectivity index (χ2n) is 3.69. The van der Waals surface area contributed by atoms with Crippen LogP contribution in [0.25, 0.3) is 0 Å². The summed E-state index contributed by atoms with van der Waals surface area (Å²) >= 11 is 0. The van der Waals surface area contributed by atoms with Gasteiger partial charge in [0, 0.05) is 26.2 Å². The van der Waals surface area contributed by atoms with Crippen LogP contribution in [-0.4, -0.2) is 31.1 Å². The summed E-state index contributed by atoms with van der Waals surface area (Å²) in [6, 6.07) is 11.7. The van der Waals surface area contributed by atoms with Crippen molar-refractivity contribution in [2.45, 2.75) is 0 Å². The fraction of sp³-hybridized carbons (Fsp3) is 0.308. The van der Waals surface area contributed by atoms with Gasteiger partial charge in [0.1, 0.15) is 0 Å². The maximum absolute atomic E-state index is 3.91. The minimum absolute atomic E-state index is 1.06. The van der Waals surface area contributed by atoms with E-state index >= 15 is 0 Å². The van der Waals surface area contributed by atoms with Gasteiger partial charge in [0.15, 0.2) is 0 Å². The molecule has 1 saturated heterocycles. The van der Waals surface area contributed by atoms with E-state index in [1.807, 2.05) is 12.1 Å². The van der Waals surface area contributed by atoms with Crippen LogP contribution >= 0.6 is 0 Å². The molecule has 0 atom stereocenters. The molecule has 0 aromatic heterocycles. The number of benzene rings is 1. The standard InChI is InChI=1S/C13H17N2/c1-2-13(12-6-4-3-5-7-12)15-10-8-14-9-11-15/h2-7,14H,1,8-11H2. The molecular weight excluding hydrogens is 184 g/mol. The molecule has 1 radical (unpaired) electrons. The first-order valence-corrected chi connectivity index (χ1v) is 5.42. The second kappa shape index (κ2) is 5.10. The van der Waals surface area contributed by atoms with Crippen LogP contribution < -0.4 is 5.32 Å². The van der Waals surface area contributed by atoms with Gasteiger partial charge in [-0.25, -0.2) is 0 Å². The van der Waals surface area contributed by atoms with E-state index in [4.69, 9.17) is 0 Å². The van der Waals surface area contributed by atoms with Crippen LogP contribution in [0.2, 0.25) is 0 Å². The molecule has 1 heterocycles. The number of nitrogens with zero attached hydrogens (tertiary/aromatic N) is 1. The summed E-state index contributed by atoms with van der Waals surface area (Å²) in [5.74, 6) is 0. The lowest BCUT2D eigenvalue weighted by atomic mass is 10.0. The van der Waals surface area contributed by atoms with Crippen LogP contribution in [0.15, 0.2) is 43.0 Å². The number of hydrogen-bond donors (Lipinski definition) is 1. The Morgan fingerprint density at radius 3 is 2.47 bits per heavy atom. The number of piperazine rings is 1. The molecule has 0 unspecified atom stereocenters. The molecule has 2 rings (SSSR count). The average molecular weight is 201 g/mol. The Kier molecular flexibility index (Phi) is 3.54. The molecule has 79 valence electrons.